The minimum absolute atomic E-state index is 0.174. The molecule has 0 spiro atoms. The molecule has 9 heteroatoms. The van der Waals surface area contributed by atoms with Crippen molar-refractivity contribution < 1.29 is 28.5 Å². The molecule has 1 atom stereocenters. The van der Waals surface area contributed by atoms with Crippen molar-refractivity contribution in [1.82, 2.24) is 10.7 Å². The van der Waals surface area contributed by atoms with Gasteiger partial charge in [-0.25, -0.2) is 5.43 Å². The van der Waals surface area contributed by atoms with Crippen LogP contribution in [0, 0.1) is 12.8 Å². The molecule has 0 saturated carbocycles. The zero-order valence-electron chi connectivity index (χ0n) is 20.5. The number of nitrogens with one attached hydrogen (secondary N) is 2. The topological polar surface area (TPSA) is 107 Å². The van der Waals surface area contributed by atoms with Crippen LogP contribution in [0.25, 0.3) is 0 Å². The second kappa shape index (κ2) is 13.1. The van der Waals surface area contributed by atoms with Gasteiger partial charge in [0.15, 0.2) is 18.1 Å². The standard InChI is InChI=1S/C25H33N3O6/c1-16(2)11-19(27-23(29)15-34-20-10-8-7-9-17(20)3)25(30)28-26-14-18-12-21(31-4)24(33-6)22(13-18)32-5/h7-10,12-14,16,19H,11,15H2,1-6H3,(H,27,29)(H,28,30)/b26-14-/t19-/m0/s1. The highest BCUT2D eigenvalue weighted by atomic mass is 16.5. The first-order valence-electron chi connectivity index (χ1n) is 10.9. The molecule has 0 aliphatic rings. The number of nitrogens with zero attached hydrogens (tertiary/aromatic N) is 1. The Labute approximate surface area is 200 Å². The lowest BCUT2D eigenvalue weighted by molar-refractivity contribution is -0.130. The van der Waals surface area contributed by atoms with Gasteiger partial charge >= 0.3 is 0 Å². The van der Waals surface area contributed by atoms with Crippen LogP contribution in [0.5, 0.6) is 23.0 Å². The first-order valence-corrected chi connectivity index (χ1v) is 10.9. The number of rotatable bonds is 12. The summed E-state index contributed by atoms with van der Waals surface area (Å²) in [7, 11) is 4.55. The lowest BCUT2D eigenvalue weighted by Gasteiger charge is -2.19. The van der Waals surface area contributed by atoms with Crippen molar-refractivity contribution in [1.29, 1.82) is 0 Å². The Balaban J connectivity index is 2.03. The van der Waals surface area contributed by atoms with E-state index in [9.17, 15) is 9.59 Å². The summed E-state index contributed by atoms with van der Waals surface area (Å²) in [6.45, 7) is 5.64. The summed E-state index contributed by atoms with van der Waals surface area (Å²) in [4.78, 5) is 25.2. The smallest absolute Gasteiger partial charge is 0.262 e. The van der Waals surface area contributed by atoms with E-state index in [-0.39, 0.29) is 12.5 Å². The highest BCUT2D eigenvalue weighted by molar-refractivity contribution is 5.89. The SMILES string of the molecule is COc1cc(/C=N\NC(=O)[C@H](CC(C)C)NC(=O)COc2ccccc2C)cc(OC)c1OC. The molecule has 0 unspecified atom stereocenters. The molecular formula is C25H33N3O6. The number of carbonyl (C=O) groups is 2. The largest absolute Gasteiger partial charge is 0.493 e. The van der Waals surface area contributed by atoms with Crippen molar-refractivity contribution in [2.45, 2.75) is 33.2 Å². The Morgan fingerprint density at radius 3 is 2.21 bits per heavy atom. The summed E-state index contributed by atoms with van der Waals surface area (Å²) in [5, 5.41) is 6.76. The van der Waals surface area contributed by atoms with Crippen LogP contribution in [-0.2, 0) is 9.59 Å². The summed E-state index contributed by atoms with van der Waals surface area (Å²) in [5.74, 6) is 1.37. The number of amides is 2. The third-order valence-corrected chi connectivity index (χ3v) is 4.89. The van der Waals surface area contributed by atoms with Gasteiger partial charge in [0.2, 0.25) is 5.75 Å². The molecule has 0 fully saturated rings. The fourth-order valence-corrected chi connectivity index (χ4v) is 3.22. The highest BCUT2D eigenvalue weighted by Gasteiger charge is 2.22. The molecule has 0 heterocycles. The Bertz CT molecular complexity index is 981. The zero-order valence-corrected chi connectivity index (χ0v) is 20.5. The average Bonchev–Trinajstić information content (AvgIpc) is 2.82. The molecule has 2 N–H and O–H groups in total. The van der Waals surface area contributed by atoms with Crippen molar-refractivity contribution in [3.8, 4) is 23.0 Å². The van der Waals surface area contributed by atoms with Crippen LogP contribution in [-0.4, -0.2) is 52.0 Å². The Hall–Kier alpha value is -3.75. The number of ether oxygens (including phenoxy) is 4. The molecular weight excluding hydrogens is 438 g/mol. The summed E-state index contributed by atoms with van der Waals surface area (Å²) in [6.07, 6.45) is 1.90. The second-order valence-corrected chi connectivity index (χ2v) is 8.00. The fraction of sp³-hybridized carbons (Fsp3) is 0.400. The van der Waals surface area contributed by atoms with Crippen LogP contribution < -0.4 is 29.7 Å². The maximum absolute atomic E-state index is 12.7. The summed E-state index contributed by atoms with van der Waals surface area (Å²) < 4.78 is 21.5. The Morgan fingerprint density at radius 2 is 1.65 bits per heavy atom. The fourth-order valence-electron chi connectivity index (χ4n) is 3.22. The van der Waals surface area contributed by atoms with Crippen LogP contribution in [0.3, 0.4) is 0 Å². The van der Waals surface area contributed by atoms with Gasteiger partial charge in [-0.15, -0.1) is 0 Å². The first kappa shape index (κ1) is 26.5. The van der Waals surface area contributed by atoms with Crippen LogP contribution >= 0.6 is 0 Å². The van der Waals surface area contributed by atoms with Crippen molar-refractivity contribution in [2.75, 3.05) is 27.9 Å². The lowest BCUT2D eigenvalue weighted by atomic mass is 10.0. The van der Waals surface area contributed by atoms with Gasteiger partial charge in [0.05, 0.1) is 27.5 Å². The van der Waals surface area contributed by atoms with Crippen molar-refractivity contribution in [2.24, 2.45) is 11.0 Å². The molecule has 2 rings (SSSR count). The summed E-state index contributed by atoms with van der Waals surface area (Å²) in [5.41, 5.74) is 4.04. The van der Waals surface area contributed by atoms with Crippen LogP contribution in [0.1, 0.15) is 31.4 Å². The second-order valence-electron chi connectivity index (χ2n) is 8.00. The van der Waals surface area contributed by atoms with E-state index in [1.165, 1.54) is 27.5 Å². The molecule has 0 saturated heterocycles. The molecule has 2 aromatic carbocycles. The number of hydrogen-bond donors (Lipinski definition) is 2. The van der Waals surface area contributed by atoms with Crippen molar-refractivity contribution in [3.05, 3.63) is 47.5 Å². The van der Waals surface area contributed by atoms with E-state index < -0.39 is 17.9 Å². The summed E-state index contributed by atoms with van der Waals surface area (Å²) >= 11 is 0. The molecule has 0 aliphatic carbocycles. The maximum Gasteiger partial charge on any atom is 0.262 e. The van der Waals surface area contributed by atoms with E-state index in [1.807, 2.05) is 39.0 Å². The monoisotopic (exact) mass is 471 g/mol. The van der Waals surface area contributed by atoms with Gasteiger partial charge in [0.25, 0.3) is 11.8 Å². The van der Waals surface area contributed by atoms with Gasteiger partial charge in [0.1, 0.15) is 11.8 Å². The predicted octanol–water partition coefficient (Wildman–Crippen LogP) is 3.08. The highest BCUT2D eigenvalue weighted by Crippen LogP contribution is 2.37. The molecule has 0 aromatic heterocycles. The van der Waals surface area contributed by atoms with E-state index >= 15 is 0 Å². The third-order valence-electron chi connectivity index (χ3n) is 4.89. The van der Waals surface area contributed by atoms with E-state index in [0.29, 0.717) is 35.0 Å². The van der Waals surface area contributed by atoms with Gasteiger partial charge in [0, 0.05) is 5.56 Å². The minimum Gasteiger partial charge on any atom is -0.493 e. The number of hydrogen-bond acceptors (Lipinski definition) is 7. The number of para-hydroxylation sites is 1. The molecule has 0 radical (unpaired) electrons. The van der Waals surface area contributed by atoms with Gasteiger partial charge in [-0.2, -0.15) is 5.10 Å². The normalized spacial score (nSPS) is 11.7. The molecule has 2 aromatic rings. The lowest BCUT2D eigenvalue weighted by Crippen LogP contribution is -2.47. The first-order chi connectivity index (χ1) is 16.3. The number of methoxy groups -OCH3 is 3. The van der Waals surface area contributed by atoms with Crippen molar-refractivity contribution in [3.63, 3.8) is 0 Å². The van der Waals surface area contributed by atoms with Crippen LogP contribution in [0.15, 0.2) is 41.5 Å². The molecule has 0 aliphatic heterocycles. The van der Waals surface area contributed by atoms with E-state index in [0.717, 1.165) is 5.56 Å². The average molecular weight is 472 g/mol. The summed E-state index contributed by atoms with van der Waals surface area (Å²) in [6, 6.07) is 10.1. The third kappa shape index (κ3) is 7.68. The Kier molecular flexibility index (Phi) is 10.2. The zero-order chi connectivity index (χ0) is 25.1. The number of carbonyl (C=O) groups excluding carboxylic acids is 2. The predicted molar refractivity (Wildman–Crippen MR) is 130 cm³/mol. The van der Waals surface area contributed by atoms with Gasteiger partial charge in [-0.05, 0) is 43.0 Å². The van der Waals surface area contributed by atoms with Crippen LogP contribution in [0.2, 0.25) is 0 Å². The number of hydrazone groups is 1. The van der Waals surface area contributed by atoms with Crippen molar-refractivity contribution >= 4 is 18.0 Å². The number of aryl methyl sites for hydroxylation is 1. The van der Waals surface area contributed by atoms with E-state index in [4.69, 9.17) is 18.9 Å². The molecule has 9 nitrogen and oxygen atoms in total. The van der Waals surface area contributed by atoms with E-state index in [2.05, 4.69) is 15.8 Å². The Morgan fingerprint density at radius 1 is 1.00 bits per heavy atom. The molecule has 2 amide bonds. The molecule has 34 heavy (non-hydrogen) atoms. The molecule has 0 bridgehead atoms. The minimum atomic E-state index is -0.759. The quantitative estimate of drug-likeness (QED) is 0.364. The van der Waals surface area contributed by atoms with E-state index in [1.54, 1.807) is 18.2 Å². The number of benzene rings is 2. The van der Waals surface area contributed by atoms with Crippen LogP contribution in [0.4, 0.5) is 0 Å². The van der Waals surface area contributed by atoms with Gasteiger partial charge < -0.3 is 24.3 Å². The van der Waals surface area contributed by atoms with Gasteiger partial charge in [-0.3, -0.25) is 9.59 Å². The molecule has 184 valence electrons. The maximum atomic E-state index is 12.7. The van der Waals surface area contributed by atoms with Gasteiger partial charge in [-0.1, -0.05) is 32.0 Å².